The zero-order chi connectivity index (χ0) is 10.3. The molecule has 2 nitrogen and oxygen atoms in total. The molecule has 0 radical (unpaired) electrons. The smallest absolute Gasteiger partial charge is 0.00670 e. The van der Waals surface area contributed by atoms with Crippen LogP contribution in [0.25, 0.3) is 0 Å². The first kappa shape index (κ1) is 11.4. The Morgan fingerprint density at radius 2 is 1.27 bits per heavy atom. The summed E-state index contributed by atoms with van der Waals surface area (Å²) in [5, 5.41) is 7.27. The minimum absolute atomic E-state index is 0.836. The van der Waals surface area contributed by atoms with Gasteiger partial charge in [-0.2, -0.15) is 0 Å². The summed E-state index contributed by atoms with van der Waals surface area (Å²) in [6.45, 7) is 2.51. The van der Waals surface area contributed by atoms with E-state index in [0.717, 1.165) is 12.1 Å². The molecule has 2 saturated heterocycles. The summed E-state index contributed by atoms with van der Waals surface area (Å²) < 4.78 is 0. The Morgan fingerprint density at radius 3 is 1.67 bits per heavy atom. The van der Waals surface area contributed by atoms with Crippen LogP contribution in [0.3, 0.4) is 0 Å². The Hall–Kier alpha value is -0.0800. The van der Waals surface area contributed by atoms with Gasteiger partial charge in [0.25, 0.3) is 0 Å². The lowest BCUT2D eigenvalue weighted by molar-refractivity contribution is 0.338. The second kappa shape index (κ2) is 6.49. The zero-order valence-corrected chi connectivity index (χ0v) is 9.93. The lowest BCUT2D eigenvalue weighted by atomic mass is 9.95. The average molecular weight is 210 g/mol. The van der Waals surface area contributed by atoms with E-state index in [-0.39, 0.29) is 0 Å². The summed E-state index contributed by atoms with van der Waals surface area (Å²) in [5.74, 6) is 0. The number of hydrogen-bond acceptors (Lipinski definition) is 2. The maximum Gasteiger partial charge on any atom is 0.00670 e. The monoisotopic (exact) mass is 210 g/mol. The molecule has 2 heterocycles. The molecule has 2 atom stereocenters. The van der Waals surface area contributed by atoms with Crippen molar-refractivity contribution in [3.63, 3.8) is 0 Å². The van der Waals surface area contributed by atoms with E-state index in [1.807, 2.05) is 0 Å². The lowest BCUT2D eigenvalue weighted by Crippen LogP contribution is -2.36. The van der Waals surface area contributed by atoms with Crippen LogP contribution < -0.4 is 10.6 Å². The summed E-state index contributed by atoms with van der Waals surface area (Å²) in [6.07, 6.45) is 12.7. The van der Waals surface area contributed by atoms with Crippen LogP contribution in [0.2, 0.25) is 0 Å². The molecular weight excluding hydrogens is 184 g/mol. The third-order valence-electron chi connectivity index (χ3n) is 3.93. The molecule has 0 unspecified atom stereocenters. The first-order valence-corrected chi connectivity index (χ1v) is 6.92. The Morgan fingerprint density at radius 1 is 0.733 bits per heavy atom. The van der Waals surface area contributed by atoms with Crippen molar-refractivity contribution in [2.75, 3.05) is 13.1 Å². The first-order valence-electron chi connectivity index (χ1n) is 6.92. The van der Waals surface area contributed by atoms with E-state index >= 15 is 0 Å². The van der Waals surface area contributed by atoms with Crippen molar-refractivity contribution < 1.29 is 0 Å². The van der Waals surface area contributed by atoms with Gasteiger partial charge in [-0.25, -0.2) is 0 Å². The van der Waals surface area contributed by atoms with Crippen molar-refractivity contribution in [1.82, 2.24) is 10.6 Å². The van der Waals surface area contributed by atoms with Crippen LogP contribution in [0.4, 0.5) is 0 Å². The average Bonchev–Trinajstić information content (AvgIpc) is 2.32. The maximum atomic E-state index is 3.64. The van der Waals surface area contributed by atoms with Crippen LogP contribution in [-0.2, 0) is 0 Å². The van der Waals surface area contributed by atoms with Gasteiger partial charge in [-0.3, -0.25) is 0 Å². The number of piperidine rings is 2. The Balaban J connectivity index is 1.53. The molecule has 0 aromatic rings. The molecule has 0 aromatic heterocycles. The van der Waals surface area contributed by atoms with E-state index in [0.29, 0.717) is 0 Å². The Kier molecular flexibility index (Phi) is 4.94. The predicted molar refractivity (Wildman–Crippen MR) is 65.1 cm³/mol. The largest absolute Gasteiger partial charge is 0.314 e. The van der Waals surface area contributed by atoms with Crippen LogP contribution in [0.15, 0.2) is 0 Å². The zero-order valence-electron chi connectivity index (χ0n) is 9.93. The summed E-state index contributed by atoms with van der Waals surface area (Å²) in [5.41, 5.74) is 0. The first-order chi connectivity index (χ1) is 7.45. The quantitative estimate of drug-likeness (QED) is 0.745. The topological polar surface area (TPSA) is 24.1 Å². The second-order valence-electron chi connectivity index (χ2n) is 5.22. The van der Waals surface area contributed by atoms with Gasteiger partial charge in [0.15, 0.2) is 0 Å². The minimum atomic E-state index is 0.836. The Bertz CT molecular complexity index is 140. The molecular formula is C13H26N2. The number of nitrogens with one attached hydrogen (secondary N) is 2. The molecule has 0 bridgehead atoms. The normalized spacial score (nSPS) is 32.8. The lowest BCUT2D eigenvalue weighted by Gasteiger charge is -2.26. The molecule has 15 heavy (non-hydrogen) atoms. The maximum absolute atomic E-state index is 3.64. The molecule has 0 saturated carbocycles. The number of rotatable bonds is 4. The van der Waals surface area contributed by atoms with Crippen molar-refractivity contribution in [1.29, 1.82) is 0 Å². The molecule has 2 fully saturated rings. The van der Waals surface area contributed by atoms with Crippen molar-refractivity contribution >= 4 is 0 Å². The molecule has 2 aliphatic rings. The summed E-state index contributed by atoms with van der Waals surface area (Å²) >= 11 is 0. The highest BCUT2D eigenvalue weighted by molar-refractivity contribution is 4.75. The highest BCUT2D eigenvalue weighted by atomic mass is 14.9. The Labute approximate surface area is 94.2 Å². The number of hydrogen-bond donors (Lipinski definition) is 2. The molecule has 2 N–H and O–H groups in total. The molecule has 0 aliphatic carbocycles. The summed E-state index contributed by atoms with van der Waals surface area (Å²) in [4.78, 5) is 0. The molecule has 88 valence electrons. The predicted octanol–water partition coefficient (Wildman–Crippen LogP) is 2.44. The van der Waals surface area contributed by atoms with E-state index in [2.05, 4.69) is 10.6 Å². The van der Waals surface area contributed by atoms with Crippen LogP contribution in [0.5, 0.6) is 0 Å². The fraction of sp³-hybridized carbons (Fsp3) is 1.00. The fourth-order valence-electron chi connectivity index (χ4n) is 2.95. The van der Waals surface area contributed by atoms with Gasteiger partial charge in [0.2, 0.25) is 0 Å². The van der Waals surface area contributed by atoms with E-state index in [9.17, 15) is 0 Å². The van der Waals surface area contributed by atoms with E-state index < -0.39 is 0 Å². The van der Waals surface area contributed by atoms with Crippen molar-refractivity contribution in [3.05, 3.63) is 0 Å². The van der Waals surface area contributed by atoms with Gasteiger partial charge >= 0.3 is 0 Å². The van der Waals surface area contributed by atoms with E-state index in [1.54, 1.807) is 0 Å². The second-order valence-corrected chi connectivity index (χ2v) is 5.22. The van der Waals surface area contributed by atoms with E-state index in [4.69, 9.17) is 0 Å². The van der Waals surface area contributed by atoms with Crippen LogP contribution in [0.1, 0.15) is 57.8 Å². The van der Waals surface area contributed by atoms with Gasteiger partial charge in [-0.05, 0) is 51.6 Å². The van der Waals surface area contributed by atoms with Gasteiger partial charge < -0.3 is 10.6 Å². The van der Waals surface area contributed by atoms with Crippen molar-refractivity contribution in [2.45, 2.75) is 69.9 Å². The van der Waals surface area contributed by atoms with Gasteiger partial charge in [0.1, 0.15) is 0 Å². The molecule has 0 spiro atoms. The van der Waals surface area contributed by atoms with Crippen molar-refractivity contribution in [2.24, 2.45) is 0 Å². The standard InChI is InChI=1S/C13H26N2/c1-3-10-14-12(6-1)8-5-9-13-7-2-4-11-15-13/h12-15H,1-11H2/t12-,13-/m0/s1. The third-order valence-corrected chi connectivity index (χ3v) is 3.93. The van der Waals surface area contributed by atoms with Crippen LogP contribution >= 0.6 is 0 Å². The third kappa shape index (κ3) is 4.12. The molecule has 2 heteroatoms. The van der Waals surface area contributed by atoms with Gasteiger partial charge in [0, 0.05) is 12.1 Å². The van der Waals surface area contributed by atoms with Gasteiger partial charge in [-0.1, -0.05) is 19.3 Å². The minimum Gasteiger partial charge on any atom is -0.314 e. The highest BCUT2D eigenvalue weighted by Gasteiger charge is 2.15. The fourth-order valence-corrected chi connectivity index (χ4v) is 2.95. The molecule has 0 aromatic carbocycles. The molecule has 0 amide bonds. The highest BCUT2D eigenvalue weighted by Crippen LogP contribution is 2.16. The van der Waals surface area contributed by atoms with Crippen LogP contribution in [0, 0.1) is 0 Å². The van der Waals surface area contributed by atoms with Gasteiger partial charge in [-0.15, -0.1) is 0 Å². The molecule has 2 rings (SSSR count). The van der Waals surface area contributed by atoms with Gasteiger partial charge in [0.05, 0.1) is 0 Å². The molecule has 2 aliphatic heterocycles. The summed E-state index contributed by atoms with van der Waals surface area (Å²) in [6, 6.07) is 1.67. The SMILES string of the molecule is C1CC[C@@H](CCC[C@@H]2CCCCN2)NC1. The van der Waals surface area contributed by atoms with Crippen molar-refractivity contribution in [3.8, 4) is 0 Å². The summed E-state index contributed by atoms with van der Waals surface area (Å²) in [7, 11) is 0. The van der Waals surface area contributed by atoms with E-state index in [1.165, 1.54) is 70.9 Å². The van der Waals surface area contributed by atoms with Crippen LogP contribution in [-0.4, -0.2) is 25.2 Å².